The van der Waals surface area contributed by atoms with Gasteiger partial charge < -0.3 is 9.80 Å². The number of likely N-dealkylation sites (N-methyl/N-ethyl adjacent to an activating group) is 2. The predicted octanol–water partition coefficient (Wildman–Crippen LogP) is 2.23. The van der Waals surface area contributed by atoms with Crippen molar-refractivity contribution in [3.8, 4) is 0 Å². The quantitative estimate of drug-likeness (QED) is 0.616. The standard InChI is InChI=1S/C13H25N3/c1-11(2)12(3)10-14-13(4)16(7)9-8-15(5)6/h10-11H,3-4,8-9H2,1-2,5-7H3/b14-10-. The van der Waals surface area contributed by atoms with Gasteiger partial charge in [-0.1, -0.05) is 27.0 Å². The predicted molar refractivity (Wildman–Crippen MR) is 72.8 cm³/mol. The van der Waals surface area contributed by atoms with Crippen molar-refractivity contribution in [1.29, 1.82) is 0 Å². The first-order valence-electron chi connectivity index (χ1n) is 5.62. The maximum Gasteiger partial charge on any atom is 0.120 e. The molecule has 0 aliphatic heterocycles. The van der Waals surface area contributed by atoms with Crippen LogP contribution in [0.5, 0.6) is 0 Å². The van der Waals surface area contributed by atoms with Crippen molar-refractivity contribution in [1.82, 2.24) is 9.80 Å². The van der Waals surface area contributed by atoms with E-state index in [9.17, 15) is 0 Å². The number of rotatable bonds is 7. The van der Waals surface area contributed by atoms with Crippen LogP contribution in [0.1, 0.15) is 13.8 Å². The Labute approximate surface area is 100 Å². The first kappa shape index (κ1) is 14.9. The lowest BCUT2D eigenvalue weighted by atomic mass is 10.1. The smallest absolute Gasteiger partial charge is 0.120 e. The van der Waals surface area contributed by atoms with E-state index in [1.165, 1.54) is 0 Å². The molecule has 16 heavy (non-hydrogen) atoms. The van der Waals surface area contributed by atoms with Gasteiger partial charge in [0.15, 0.2) is 0 Å². The van der Waals surface area contributed by atoms with E-state index in [0.29, 0.717) is 5.92 Å². The molecule has 0 heterocycles. The Bertz CT molecular complexity index is 264. The molecule has 0 atom stereocenters. The van der Waals surface area contributed by atoms with Crippen LogP contribution in [-0.2, 0) is 0 Å². The van der Waals surface area contributed by atoms with Crippen molar-refractivity contribution in [2.75, 3.05) is 34.2 Å². The average molecular weight is 223 g/mol. The summed E-state index contributed by atoms with van der Waals surface area (Å²) in [5.41, 5.74) is 1.03. The second kappa shape index (κ2) is 7.23. The van der Waals surface area contributed by atoms with Crippen molar-refractivity contribution in [3.05, 3.63) is 24.6 Å². The highest BCUT2D eigenvalue weighted by atomic mass is 15.2. The second-order valence-electron chi connectivity index (χ2n) is 4.63. The molecule has 0 aromatic heterocycles. The minimum absolute atomic E-state index is 0.434. The van der Waals surface area contributed by atoms with E-state index in [1.54, 1.807) is 6.21 Å². The third-order valence-corrected chi connectivity index (χ3v) is 2.44. The van der Waals surface area contributed by atoms with Gasteiger partial charge in [-0.05, 0) is 25.6 Å². The fourth-order valence-electron chi connectivity index (χ4n) is 0.884. The SMILES string of the molecule is C=C(/C=N\C(=C)N(C)CCN(C)C)C(C)C. The first-order valence-corrected chi connectivity index (χ1v) is 5.62. The van der Waals surface area contributed by atoms with Gasteiger partial charge in [0.25, 0.3) is 0 Å². The molecule has 0 aromatic rings. The lowest BCUT2D eigenvalue weighted by molar-refractivity contribution is 0.325. The molecule has 0 spiro atoms. The Morgan fingerprint density at radius 2 is 1.75 bits per heavy atom. The molecule has 0 amide bonds. The van der Waals surface area contributed by atoms with Crippen LogP contribution in [0.25, 0.3) is 0 Å². The number of nitrogens with zero attached hydrogens (tertiary/aromatic N) is 3. The Balaban J connectivity index is 4.10. The fourth-order valence-corrected chi connectivity index (χ4v) is 0.884. The van der Waals surface area contributed by atoms with Crippen LogP contribution in [0, 0.1) is 5.92 Å². The Kier molecular flexibility index (Phi) is 6.74. The summed E-state index contributed by atoms with van der Waals surface area (Å²) in [7, 11) is 6.11. The zero-order valence-electron chi connectivity index (χ0n) is 11.3. The summed E-state index contributed by atoms with van der Waals surface area (Å²) < 4.78 is 0. The highest BCUT2D eigenvalue weighted by Crippen LogP contribution is 2.05. The van der Waals surface area contributed by atoms with Crippen LogP contribution in [0.4, 0.5) is 0 Å². The molecule has 0 aromatic carbocycles. The molecule has 0 radical (unpaired) electrons. The molecule has 0 rings (SSSR count). The van der Waals surface area contributed by atoms with E-state index in [4.69, 9.17) is 0 Å². The lowest BCUT2D eigenvalue weighted by Crippen LogP contribution is -2.27. The maximum atomic E-state index is 4.31. The Hall–Kier alpha value is -1.09. The highest BCUT2D eigenvalue weighted by molar-refractivity contribution is 5.78. The highest BCUT2D eigenvalue weighted by Gasteiger charge is 2.01. The van der Waals surface area contributed by atoms with Crippen molar-refractivity contribution in [2.24, 2.45) is 10.9 Å². The summed E-state index contributed by atoms with van der Waals surface area (Å²) >= 11 is 0. The van der Waals surface area contributed by atoms with E-state index in [2.05, 4.69) is 51.0 Å². The van der Waals surface area contributed by atoms with Gasteiger partial charge in [-0.25, -0.2) is 4.99 Å². The lowest BCUT2D eigenvalue weighted by Gasteiger charge is -2.20. The van der Waals surface area contributed by atoms with Crippen LogP contribution in [-0.4, -0.2) is 50.2 Å². The zero-order chi connectivity index (χ0) is 12.7. The van der Waals surface area contributed by atoms with E-state index in [-0.39, 0.29) is 0 Å². The third kappa shape index (κ3) is 6.40. The number of hydrogen-bond donors (Lipinski definition) is 0. The number of hydrogen-bond acceptors (Lipinski definition) is 3. The summed E-state index contributed by atoms with van der Waals surface area (Å²) in [6.07, 6.45) is 1.80. The summed E-state index contributed by atoms with van der Waals surface area (Å²) in [6.45, 7) is 14.0. The van der Waals surface area contributed by atoms with Gasteiger partial charge >= 0.3 is 0 Å². The summed E-state index contributed by atoms with van der Waals surface area (Å²) in [4.78, 5) is 8.50. The van der Waals surface area contributed by atoms with Gasteiger partial charge in [0.05, 0.1) is 0 Å². The Morgan fingerprint density at radius 1 is 1.19 bits per heavy atom. The third-order valence-electron chi connectivity index (χ3n) is 2.44. The minimum atomic E-state index is 0.434. The summed E-state index contributed by atoms with van der Waals surface area (Å²) in [5.74, 6) is 1.22. The average Bonchev–Trinajstić information content (AvgIpc) is 2.21. The van der Waals surface area contributed by atoms with Crippen LogP contribution >= 0.6 is 0 Å². The van der Waals surface area contributed by atoms with E-state index >= 15 is 0 Å². The monoisotopic (exact) mass is 223 g/mol. The number of allylic oxidation sites excluding steroid dienone is 1. The van der Waals surface area contributed by atoms with E-state index in [0.717, 1.165) is 24.5 Å². The molecule has 0 bridgehead atoms. The molecule has 0 fully saturated rings. The molecule has 92 valence electrons. The maximum absolute atomic E-state index is 4.31. The second-order valence-corrected chi connectivity index (χ2v) is 4.63. The van der Waals surface area contributed by atoms with Gasteiger partial charge in [-0.15, -0.1) is 0 Å². The molecule has 3 heteroatoms. The van der Waals surface area contributed by atoms with E-state index in [1.807, 2.05) is 11.9 Å². The minimum Gasteiger partial charge on any atom is -0.359 e. The fraction of sp³-hybridized carbons (Fsp3) is 0.615. The molecule has 0 aliphatic rings. The van der Waals surface area contributed by atoms with E-state index < -0.39 is 0 Å². The molecule has 0 unspecified atom stereocenters. The van der Waals surface area contributed by atoms with Gasteiger partial charge in [0, 0.05) is 26.4 Å². The van der Waals surface area contributed by atoms with Gasteiger partial charge in [-0.2, -0.15) is 0 Å². The van der Waals surface area contributed by atoms with Gasteiger partial charge in [-0.3, -0.25) is 0 Å². The molecule has 0 saturated carbocycles. The largest absolute Gasteiger partial charge is 0.359 e. The van der Waals surface area contributed by atoms with Gasteiger partial charge in [0.1, 0.15) is 5.82 Å². The molecule has 3 nitrogen and oxygen atoms in total. The molecule has 0 aliphatic carbocycles. The summed E-state index contributed by atoms with van der Waals surface area (Å²) in [6, 6.07) is 0. The summed E-state index contributed by atoms with van der Waals surface area (Å²) in [5, 5.41) is 0. The molecule has 0 N–H and O–H groups in total. The zero-order valence-corrected chi connectivity index (χ0v) is 11.3. The Morgan fingerprint density at radius 3 is 2.19 bits per heavy atom. The van der Waals surface area contributed by atoms with Crippen molar-refractivity contribution in [3.63, 3.8) is 0 Å². The molecular weight excluding hydrogens is 198 g/mol. The molecular formula is C13H25N3. The van der Waals surface area contributed by atoms with Gasteiger partial charge in [0.2, 0.25) is 0 Å². The molecule has 0 saturated heterocycles. The number of aliphatic imine (C=N–C) groups is 1. The normalized spacial score (nSPS) is 11.4. The van der Waals surface area contributed by atoms with Crippen LogP contribution in [0.15, 0.2) is 29.5 Å². The van der Waals surface area contributed by atoms with Crippen molar-refractivity contribution in [2.45, 2.75) is 13.8 Å². The van der Waals surface area contributed by atoms with Crippen molar-refractivity contribution < 1.29 is 0 Å². The van der Waals surface area contributed by atoms with Crippen LogP contribution in [0.3, 0.4) is 0 Å². The van der Waals surface area contributed by atoms with Crippen LogP contribution in [0.2, 0.25) is 0 Å². The first-order chi connectivity index (χ1) is 7.34. The van der Waals surface area contributed by atoms with Crippen molar-refractivity contribution >= 4 is 6.21 Å². The topological polar surface area (TPSA) is 18.8 Å². The van der Waals surface area contributed by atoms with Crippen LogP contribution < -0.4 is 0 Å².